The molecule has 11 aromatic rings. The van der Waals surface area contributed by atoms with Crippen LogP contribution in [-0.4, -0.2) is 19.7 Å². The number of pyridine rings is 2. The molecule has 0 fully saturated rings. The average Bonchev–Trinajstić information content (AvgIpc) is 3.67. The lowest BCUT2D eigenvalue weighted by Gasteiger charge is -2.18. The van der Waals surface area contributed by atoms with Gasteiger partial charge in [-0.1, -0.05) is 152 Å². The van der Waals surface area contributed by atoms with Gasteiger partial charge in [-0.2, -0.15) is 5.10 Å². The Kier molecular flexibility index (Phi) is 7.14. The Hall–Kier alpha value is -7.43. The molecule has 4 heteroatoms. The van der Waals surface area contributed by atoms with Crippen molar-refractivity contribution in [2.24, 2.45) is 0 Å². The first kappa shape index (κ1) is 31.1. The first-order valence-electron chi connectivity index (χ1n) is 18.6. The van der Waals surface area contributed by atoms with Crippen LogP contribution in [0, 0.1) is 0 Å². The molecule has 55 heavy (non-hydrogen) atoms. The van der Waals surface area contributed by atoms with Crippen molar-refractivity contribution in [2.75, 3.05) is 0 Å². The number of nitrogens with zero attached hydrogens (tertiary/aromatic N) is 4. The van der Waals surface area contributed by atoms with Crippen LogP contribution in [0.4, 0.5) is 0 Å². The maximum absolute atomic E-state index is 5.44. The monoisotopic (exact) mass is 700 g/mol. The molecule has 3 heterocycles. The zero-order valence-electron chi connectivity index (χ0n) is 29.8. The summed E-state index contributed by atoms with van der Waals surface area (Å²) in [4.78, 5) is 9.88. The Labute approximate surface area is 317 Å². The van der Waals surface area contributed by atoms with Gasteiger partial charge in [0.2, 0.25) is 0 Å². The predicted molar refractivity (Wildman–Crippen MR) is 228 cm³/mol. The summed E-state index contributed by atoms with van der Waals surface area (Å²) in [5.74, 6) is 0. The van der Waals surface area contributed by atoms with Crippen molar-refractivity contribution in [1.82, 2.24) is 19.7 Å². The highest BCUT2D eigenvalue weighted by atomic mass is 15.3. The Bertz CT molecular complexity index is 3240. The van der Waals surface area contributed by atoms with Crippen molar-refractivity contribution in [2.45, 2.75) is 0 Å². The highest BCUT2D eigenvalue weighted by Crippen LogP contribution is 2.48. The lowest BCUT2D eigenvalue weighted by molar-refractivity contribution is 0.918. The Balaban J connectivity index is 1.20. The largest absolute Gasteiger partial charge is 0.254 e. The fraction of sp³-hybridized carbons (Fsp3) is 0. The van der Waals surface area contributed by atoms with Crippen LogP contribution >= 0.6 is 0 Å². The molecule has 0 aliphatic rings. The molecule has 0 saturated carbocycles. The van der Waals surface area contributed by atoms with E-state index in [2.05, 4.69) is 187 Å². The van der Waals surface area contributed by atoms with Crippen LogP contribution in [-0.2, 0) is 0 Å². The maximum Gasteiger partial charge on any atom is 0.101 e. The second-order valence-corrected chi connectivity index (χ2v) is 14.0. The number of hydrogen-bond acceptors (Lipinski definition) is 3. The zero-order chi connectivity index (χ0) is 36.3. The molecule has 0 atom stereocenters. The fourth-order valence-electron chi connectivity index (χ4n) is 8.26. The van der Waals surface area contributed by atoms with Crippen molar-refractivity contribution < 1.29 is 0 Å². The van der Waals surface area contributed by atoms with E-state index in [1.807, 2.05) is 12.3 Å². The second-order valence-electron chi connectivity index (χ2n) is 14.0. The van der Waals surface area contributed by atoms with Gasteiger partial charge in [-0.05, 0) is 69.2 Å². The van der Waals surface area contributed by atoms with Crippen LogP contribution in [0.15, 0.2) is 194 Å². The highest BCUT2D eigenvalue weighted by Gasteiger charge is 2.25. The molecule has 3 aromatic heterocycles. The van der Waals surface area contributed by atoms with E-state index in [1.54, 1.807) is 0 Å². The van der Waals surface area contributed by atoms with Gasteiger partial charge in [-0.3, -0.25) is 4.98 Å². The molecule has 0 aliphatic carbocycles. The summed E-state index contributed by atoms with van der Waals surface area (Å²) in [7, 11) is 0. The van der Waals surface area contributed by atoms with E-state index < -0.39 is 0 Å². The van der Waals surface area contributed by atoms with E-state index in [1.165, 1.54) is 21.9 Å². The molecule has 8 aromatic carbocycles. The number of para-hydroxylation sites is 1. The average molecular weight is 701 g/mol. The van der Waals surface area contributed by atoms with Gasteiger partial charge in [0.1, 0.15) is 5.69 Å². The minimum atomic E-state index is 0.919. The third kappa shape index (κ3) is 5.11. The van der Waals surface area contributed by atoms with E-state index in [-0.39, 0.29) is 0 Å². The Morgan fingerprint density at radius 1 is 0.400 bits per heavy atom. The van der Waals surface area contributed by atoms with Gasteiger partial charge in [-0.15, -0.1) is 0 Å². The molecule has 0 N–H and O–H groups in total. The van der Waals surface area contributed by atoms with E-state index >= 15 is 0 Å². The lowest BCUT2D eigenvalue weighted by Crippen LogP contribution is -1.97. The van der Waals surface area contributed by atoms with Crippen LogP contribution < -0.4 is 0 Å². The number of fused-ring (bicyclic) bond motifs is 7. The first-order chi connectivity index (χ1) is 27.3. The molecule has 0 spiro atoms. The van der Waals surface area contributed by atoms with Gasteiger partial charge in [0, 0.05) is 44.4 Å². The van der Waals surface area contributed by atoms with Crippen molar-refractivity contribution >= 4 is 54.3 Å². The summed E-state index contributed by atoms with van der Waals surface area (Å²) in [6, 6.07) is 66.8. The summed E-state index contributed by atoms with van der Waals surface area (Å²) in [6.45, 7) is 0. The molecule has 0 unspecified atom stereocenters. The zero-order valence-corrected chi connectivity index (χ0v) is 29.8. The molecular weight excluding hydrogens is 669 g/mol. The SMILES string of the molecule is c1ccc(-c2nn(-c3ccccc3)c3c2c(-c2ccccc2)c(-c2ccc4ccc(-c5ccc6ccc7cccnc7c6n5)cc4c2)c2ccccc23)cc1. The van der Waals surface area contributed by atoms with E-state index in [4.69, 9.17) is 15.1 Å². The number of hydrogen-bond donors (Lipinski definition) is 0. The van der Waals surface area contributed by atoms with E-state index in [9.17, 15) is 0 Å². The number of aromatic nitrogens is 4. The van der Waals surface area contributed by atoms with Crippen LogP contribution in [0.1, 0.15) is 0 Å². The maximum atomic E-state index is 5.44. The molecule has 0 amide bonds. The molecular formula is C51H32N4. The summed E-state index contributed by atoms with van der Waals surface area (Å²) in [5.41, 5.74) is 12.6. The molecule has 0 saturated heterocycles. The standard InChI is InChI=1S/C51H32N4/c1-4-13-34(14-5-1)46-45(42-20-10-11-21-43(42)51-47(46)48(35-15-6-2-7-16-35)54-55(51)41-18-8-3-9-19-41)39-27-23-33-22-26-38(31-40(33)32-39)44-29-28-37-25-24-36-17-12-30-52-49(36)50(37)53-44/h1-32H. The van der Waals surface area contributed by atoms with Gasteiger partial charge < -0.3 is 0 Å². The second kappa shape index (κ2) is 12.6. The van der Waals surface area contributed by atoms with Gasteiger partial charge in [0.15, 0.2) is 0 Å². The first-order valence-corrected chi connectivity index (χ1v) is 18.6. The predicted octanol–water partition coefficient (Wildman–Crippen LogP) is 13.1. The summed E-state index contributed by atoms with van der Waals surface area (Å²) in [5, 5.41) is 13.4. The topological polar surface area (TPSA) is 43.6 Å². The molecule has 256 valence electrons. The molecule has 4 nitrogen and oxygen atoms in total. The normalized spacial score (nSPS) is 11.6. The van der Waals surface area contributed by atoms with Gasteiger partial charge >= 0.3 is 0 Å². The molecule has 0 aliphatic heterocycles. The van der Waals surface area contributed by atoms with Crippen molar-refractivity contribution in [3.8, 4) is 50.5 Å². The number of benzene rings is 8. The summed E-state index contributed by atoms with van der Waals surface area (Å²) >= 11 is 0. The van der Waals surface area contributed by atoms with Crippen molar-refractivity contribution in [3.63, 3.8) is 0 Å². The van der Waals surface area contributed by atoms with E-state index in [0.29, 0.717) is 0 Å². The van der Waals surface area contributed by atoms with E-state index in [0.717, 1.165) is 82.8 Å². The fourth-order valence-corrected chi connectivity index (χ4v) is 8.26. The minimum Gasteiger partial charge on any atom is -0.254 e. The molecule has 0 bridgehead atoms. The Morgan fingerprint density at radius 2 is 1.02 bits per heavy atom. The minimum absolute atomic E-state index is 0.919. The van der Waals surface area contributed by atoms with Crippen LogP contribution in [0.2, 0.25) is 0 Å². The highest BCUT2D eigenvalue weighted by molar-refractivity contribution is 6.24. The van der Waals surface area contributed by atoms with Gasteiger partial charge in [0.25, 0.3) is 0 Å². The smallest absolute Gasteiger partial charge is 0.101 e. The van der Waals surface area contributed by atoms with Crippen LogP contribution in [0.5, 0.6) is 0 Å². The quantitative estimate of drug-likeness (QED) is 0.168. The Morgan fingerprint density at radius 3 is 1.80 bits per heavy atom. The third-order valence-electron chi connectivity index (χ3n) is 10.8. The summed E-state index contributed by atoms with van der Waals surface area (Å²) < 4.78 is 2.14. The van der Waals surface area contributed by atoms with Gasteiger partial charge in [-0.25, -0.2) is 9.67 Å². The molecule has 11 rings (SSSR count). The number of rotatable bonds is 5. The third-order valence-corrected chi connectivity index (χ3v) is 10.8. The van der Waals surface area contributed by atoms with Gasteiger partial charge in [0.05, 0.1) is 27.9 Å². The van der Waals surface area contributed by atoms with Crippen LogP contribution in [0.25, 0.3) is 105 Å². The van der Waals surface area contributed by atoms with Crippen molar-refractivity contribution in [1.29, 1.82) is 0 Å². The molecule has 0 radical (unpaired) electrons. The lowest BCUT2D eigenvalue weighted by atomic mass is 9.85. The van der Waals surface area contributed by atoms with Crippen LogP contribution in [0.3, 0.4) is 0 Å². The van der Waals surface area contributed by atoms with Crippen molar-refractivity contribution in [3.05, 3.63) is 194 Å². The summed E-state index contributed by atoms with van der Waals surface area (Å²) in [6.07, 6.45) is 1.84.